The Labute approximate surface area is 147 Å². The predicted molar refractivity (Wildman–Crippen MR) is 105 cm³/mol. The van der Waals surface area contributed by atoms with Crippen LogP contribution in [0, 0.1) is 6.92 Å². The predicted octanol–water partition coefficient (Wildman–Crippen LogP) is 6.63. The van der Waals surface area contributed by atoms with Gasteiger partial charge in [-0.3, -0.25) is 4.98 Å². The van der Waals surface area contributed by atoms with Crippen molar-refractivity contribution in [2.45, 2.75) is 52.9 Å². The molecule has 3 aromatic rings. The third kappa shape index (κ3) is 3.21. The molecule has 0 N–H and O–H groups in total. The van der Waals surface area contributed by atoms with Crippen LogP contribution in [0.15, 0.2) is 48.6 Å². The molecule has 124 valence electrons. The van der Waals surface area contributed by atoms with Gasteiger partial charge in [0.25, 0.3) is 0 Å². The summed E-state index contributed by atoms with van der Waals surface area (Å²) in [5, 5.41) is 2.21. The zero-order chi connectivity index (χ0) is 18.4. The Morgan fingerprint density at radius 1 is 1.00 bits per heavy atom. The molecular formula is C23H27N. The lowest BCUT2D eigenvalue weighted by atomic mass is 9.84. The first kappa shape index (κ1) is 15.4. The third-order valence-corrected chi connectivity index (χ3v) is 4.61. The van der Waals surface area contributed by atoms with Gasteiger partial charge in [-0.05, 0) is 53.0 Å². The fraction of sp³-hybridized carbons (Fsp3) is 0.348. The summed E-state index contributed by atoms with van der Waals surface area (Å²) >= 11 is 0. The minimum absolute atomic E-state index is 0.0833. The lowest BCUT2D eigenvalue weighted by molar-refractivity contribution is 0.590. The van der Waals surface area contributed by atoms with E-state index in [4.69, 9.17) is 1.37 Å². The first-order valence-electron chi connectivity index (χ1n) is 9.19. The molecule has 0 fully saturated rings. The summed E-state index contributed by atoms with van der Waals surface area (Å²) in [7, 11) is 0. The Morgan fingerprint density at radius 3 is 2.42 bits per heavy atom. The molecule has 1 nitrogen and oxygen atoms in total. The van der Waals surface area contributed by atoms with E-state index in [9.17, 15) is 0 Å². The van der Waals surface area contributed by atoms with Gasteiger partial charge in [-0.1, -0.05) is 64.4 Å². The van der Waals surface area contributed by atoms with E-state index in [1.54, 1.807) is 0 Å². The van der Waals surface area contributed by atoms with Crippen molar-refractivity contribution in [2.75, 3.05) is 0 Å². The summed E-state index contributed by atoms with van der Waals surface area (Å²) < 4.78 is 8.16. The second-order valence-electron chi connectivity index (χ2n) is 8.07. The van der Waals surface area contributed by atoms with Gasteiger partial charge in [0, 0.05) is 17.1 Å². The fourth-order valence-corrected chi connectivity index (χ4v) is 3.07. The molecular weight excluding hydrogens is 290 g/mol. The summed E-state index contributed by atoms with van der Waals surface area (Å²) in [6.07, 6.45) is 0.322. The van der Waals surface area contributed by atoms with Gasteiger partial charge in [0.05, 0.1) is 7.06 Å². The van der Waals surface area contributed by atoms with Gasteiger partial charge < -0.3 is 0 Å². The van der Waals surface area contributed by atoms with Crippen LogP contribution in [0.2, 0.25) is 0 Å². The van der Waals surface area contributed by atoms with E-state index in [1.165, 1.54) is 16.7 Å². The number of pyridine rings is 1. The fourth-order valence-electron chi connectivity index (χ4n) is 3.07. The van der Waals surface area contributed by atoms with Crippen LogP contribution in [0.3, 0.4) is 0 Å². The average Bonchev–Trinajstić information content (AvgIpc) is 2.51. The van der Waals surface area contributed by atoms with Crippen molar-refractivity contribution in [3.63, 3.8) is 0 Å². The zero-order valence-electron chi connectivity index (χ0n) is 16.6. The Morgan fingerprint density at radius 2 is 1.75 bits per heavy atom. The van der Waals surface area contributed by atoms with Gasteiger partial charge in [0.1, 0.15) is 0 Å². The standard InChI is InChI=1S/C23H27N/c1-15(2)17-7-8-21-18(13-17)9-10-24-22(21)19-11-16(3)12-20(14-19)23(4,5)6/h7-15H,1-6H3/i10D. The van der Waals surface area contributed by atoms with Crippen LogP contribution >= 0.6 is 0 Å². The smallest absolute Gasteiger partial charge is 0.0840 e. The minimum Gasteiger partial charge on any atom is -0.256 e. The molecule has 0 bridgehead atoms. The molecule has 0 radical (unpaired) electrons. The number of hydrogen-bond donors (Lipinski definition) is 0. The van der Waals surface area contributed by atoms with Crippen molar-refractivity contribution in [3.8, 4) is 11.3 Å². The molecule has 0 aliphatic heterocycles. The Balaban J connectivity index is 2.27. The third-order valence-electron chi connectivity index (χ3n) is 4.61. The molecule has 0 aliphatic rings. The molecule has 0 unspecified atom stereocenters. The van der Waals surface area contributed by atoms with Crippen LogP contribution in [-0.2, 0) is 5.41 Å². The maximum Gasteiger partial charge on any atom is 0.0840 e. The van der Waals surface area contributed by atoms with E-state index >= 15 is 0 Å². The molecule has 0 aliphatic carbocycles. The molecule has 0 saturated carbocycles. The van der Waals surface area contributed by atoms with Crippen LogP contribution in [0.5, 0.6) is 0 Å². The lowest BCUT2D eigenvalue weighted by Crippen LogP contribution is -2.11. The molecule has 0 spiro atoms. The molecule has 1 heterocycles. The number of aromatic nitrogens is 1. The summed E-state index contributed by atoms with van der Waals surface area (Å²) in [5.74, 6) is 0.474. The van der Waals surface area contributed by atoms with Crippen LogP contribution in [0.1, 0.15) is 58.6 Å². The Bertz CT molecular complexity index is 933. The van der Waals surface area contributed by atoms with Crippen LogP contribution in [0.25, 0.3) is 22.0 Å². The van der Waals surface area contributed by atoms with Crippen molar-refractivity contribution >= 4 is 10.8 Å². The normalized spacial score (nSPS) is 12.7. The van der Waals surface area contributed by atoms with Crippen molar-refractivity contribution in [2.24, 2.45) is 0 Å². The summed E-state index contributed by atoms with van der Waals surface area (Å²) in [6.45, 7) is 13.2. The number of hydrogen-bond acceptors (Lipinski definition) is 1. The zero-order valence-corrected chi connectivity index (χ0v) is 15.6. The summed E-state index contributed by atoms with van der Waals surface area (Å²) in [6, 6.07) is 15.0. The van der Waals surface area contributed by atoms with Gasteiger partial charge in [-0.2, -0.15) is 0 Å². The van der Waals surface area contributed by atoms with Crippen molar-refractivity contribution in [1.82, 2.24) is 4.98 Å². The lowest BCUT2D eigenvalue weighted by Gasteiger charge is -2.21. The van der Waals surface area contributed by atoms with Gasteiger partial charge in [-0.15, -0.1) is 0 Å². The highest BCUT2D eigenvalue weighted by molar-refractivity contribution is 5.95. The van der Waals surface area contributed by atoms with Crippen LogP contribution in [0.4, 0.5) is 0 Å². The van der Waals surface area contributed by atoms with Crippen LogP contribution < -0.4 is 0 Å². The Kier molecular flexibility index (Phi) is 3.88. The Hall–Kier alpha value is -2.15. The van der Waals surface area contributed by atoms with E-state index in [-0.39, 0.29) is 5.41 Å². The largest absolute Gasteiger partial charge is 0.256 e. The van der Waals surface area contributed by atoms with E-state index in [0.717, 1.165) is 22.0 Å². The molecule has 3 rings (SSSR count). The van der Waals surface area contributed by atoms with Crippen molar-refractivity contribution < 1.29 is 1.37 Å². The highest BCUT2D eigenvalue weighted by atomic mass is 14.7. The maximum absolute atomic E-state index is 8.16. The topological polar surface area (TPSA) is 12.9 Å². The monoisotopic (exact) mass is 318 g/mol. The number of nitrogens with zero attached hydrogens (tertiary/aromatic N) is 1. The van der Waals surface area contributed by atoms with E-state index in [1.807, 2.05) is 6.07 Å². The number of benzene rings is 2. The maximum atomic E-state index is 8.16. The number of aryl methyl sites for hydroxylation is 1. The van der Waals surface area contributed by atoms with E-state index in [0.29, 0.717) is 12.1 Å². The molecule has 1 aromatic heterocycles. The van der Waals surface area contributed by atoms with Gasteiger partial charge >= 0.3 is 0 Å². The highest BCUT2D eigenvalue weighted by Crippen LogP contribution is 2.32. The van der Waals surface area contributed by atoms with Gasteiger partial charge in [0.15, 0.2) is 0 Å². The summed E-state index contributed by atoms with van der Waals surface area (Å²) in [5.41, 5.74) is 5.91. The van der Waals surface area contributed by atoms with Gasteiger partial charge in [0.2, 0.25) is 0 Å². The highest BCUT2D eigenvalue weighted by Gasteiger charge is 2.16. The number of rotatable bonds is 2. The average molecular weight is 318 g/mol. The minimum atomic E-state index is 0.0833. The van der Waals surface area contributed by atoms with Crippen molar-refractivity contribution in [1.29, 1.82) is 0 Å². The van der Waals surface area contributed by atoms with E-state index in [2.05, 4.69) is 82.9 Å². The molecule has 24 heavy (non-hydrogen) atoms. The van der Waals surface area contributed by atoms with E-state index < -0.39 is 0 Å². The van der Waals surface area contributed by atoms with Crippen molar-refractivity contribution in [3.05, 3.63) is 65.3 Å². The second-order valence-corrected chi connectivity index (χ2v) is 8.07. The first-order chi connectivity index (χ1) is 11.6. The summed E-state index contributed by atoms with van der Waals surface area (Å²) in [4.78, 5) is 4.58. The molecule has 0 amide bonds. The first-order valence-corrected chi connectivity index (χ1v) is 8.69. The number of fused-ring (bicyclic) bond motifs is 1. The molecule has 0 atom stereocenters. The molecule has 1 heteroatoms. The SMILES string of the molecule is [2H]c1cc2cc(C(C)C)ccc2c(-c2cc(C)cc(C(C)(C)C)c2)n1. The second kappa shape index (κ2) is 6.05. The molecule has 2 aromatic carbocycles. The van der Waals surface area contributed by atoms with Crippen LogP contribution in [-0.4, -0.2) is 4.98 Å². The van der Waals surface area contributed by atoms with Gasteiger partial charge in [-0.25, -0.2) is 0 Å². The molecule has 0 saturated heterocycles. The quantitative estimate of drug-likeness (QED) is 0.516.